The summed E-state index contributed by atoms with van der Waals surface area (Å²) in [6.45, 7) is 18.9. The summed E-state index contributed by atoms with van der Waals surface area (Å²) in [5.41, 5.74) is 2.72. The molecule has 266 valence electrons. The summed E-state index contributed by atoms with van der Waals surface area (Å²) in [6.07, 6.45) is 4.47. The number of piperazine rings is 2. The van der Waals surface area contributed by atoms with Gasteiger partial charge in [0.05, 0.1) is 41.2 Å². The van der Waals surface area contributed by atoms with Crippen LogP contribution in [0.1, 0.15) is 52.3 Å². The molecule has 2 saturated heterocycles. The number of nitrogens with zero attached hydrogens (tertiary/aromatic N) is 7. The van der Waals surface area contributed by atoms with E-state index in [1.165, 1.54) is 11.1 Å². The molecule has 0 saturated carbocycles. The van der Waals surface area contributed by atoms with Crippen molar-refractivity contribution in [1.29, 1.82) is 0 Å². The van der Waals surface area contributed by atoms with Crippen LogP contribution in [0.25, 0.3) is 32.5 Å². The van der Waals surface area contributed by atoms with Crippen LogP contribution in [0.2, 0.25) is 0 Å². The third kappa shape index (κ3) is 8.59. The number of sulfonamides is 1. The standard InChI is InChI=1S/C35H50N8O4S2/c1-7-47-30(44)20-34(2,3)23-35(4,5)24-41-11-15-42(16-12-41)33-31-29(37-32(38-33)26-9-8-10-28-27(26)21-36-39-28)19-25(48-31)22-40-13-17-43(18-14-40)49(6,45)46/h8-10,19,21H,7,11-18,20,22-24H2,1-6H3,(H,36,39). The smallest absolute Gasteiger partial charge is 0.306 e. The van der Waals surface area contributed by atoms with Gasteiger partial charge in [0.25, 0.3) is 0 Å². The van der Waals surface area contributed by atoms with E-state index in [-0.39, 0.29) is 16.8 Å². The number of esters is 1. The minimum atomic E-state index is -3.17. The molecule has 4 aromatic rings. The molecule has 6 rings (SSSR count). The van der Waals surface area contributed by atoms with Gasteiger partial charge in [-0.15, -0.1) is 11.3 Å². The summed E-state index contributed by atoms with van der Waals surface area (Å²) in [4.78, 5) is 31.0. The number of hydrogen-bond donors (Lipinski definition) is 1. The van der Waals surface area contributed by atoms with E-state index < -0.39 is 10.0 Å². The summed E-state index contributed by atoms with van der Waals surface area (Å²) >= 11 is 1.74. The first-order valence-corrected chi connectivity index (χ1v) is 19.9. The number of carbonyl (C=O) groups is 1. The first kappa shape index (κ1) is 35.6. The average molecular weight is 711 g/mol. The van der Waals surface area contributed by atoms with Gasteiger partial charge in [0.2, 0.25) is 10.0 Å². The van der Waals surface area contributed by atoms with Crippen molar-refractivity contribution in [3.8, 4) is 11.4 Å². The fourth-order valence-corrected chi connectivity index (χ4v) is 9.70. The normalized spacial score (nSPS) is 17.7. The highest BCUT2D eigenvalue weighted by molar-refractivity contribution is 7.88. The Morgan fingerprint density at radius 1 is 0.980 bits per heavy atom. The summed E-state index contributed by atoms with van der Waals surface area (Å²) in [7, 11) is -3.17. The molecule has 2 aliphatic rings. The number of thiophene rings is 1. The van der Waals surface area contributed by atoms with Crippen molar-refractivity contribution in [2.75, 3.05) is 76.7 Å². The highest BCUT2D eigenvalue weighted by Crippen LogP contribution is 2.39. The van der Waals surface area contributed by atoms with Crippen LogP contribution in [0.15, 0.2) is 30.5 Å². The van der Waals surface area contributed by atoms with Crippen molar-refractivity contribution in [2.45, 2.75) is 54.0 Å². The molecular weight excluding hydrogens is 661 g/mol. The largest absolute Gasteiger partial charge is 0.466 e. The van der Waals surface area contributed by atoms with E-state index in [1.807, 2.05) is 25.3 Å². The van der Waals surface area contributed by atoms with E-state index in [0.29, 0.717) is 45.0 Å². The van der Waals surface area contributed by atoms with E-state index in [0.717, 1.165) is 78.2 Å². The Balaban J connectivity index is 1.21. The molecule has 1 aromatic carbocycles. The molecule has 1 N–H and O–H groups in total. The summed E-state index contributed by atoms with van der Waals surface area (Å²) < 4.78 is 32.0. The first-order chi connectivity index (χ1) is 23.2. The lowest BCUT2D eigenvalue weighted by molar-refractivity contribution is -0.145. The minimum absolute atomic E-state index is 0.0340. The molecular formula is C35H50N8O4S2. The number of fused-ring (bicyclic) bond motifs is 2. The van der Waals surface area contributed by atoms with Crippen LogP contribution in [-0.4, -0.2) is 120 Å². The van der Waals surface area contributed by atoms with Crippen LogP contribution in [0, 0.1) is 10.8 Å². The summed E-state index contributed by atoms with van der Waals surface area (Å²) in [5.74, 6) is 1.53. The average Bonchev–Trinajstić information content (AvgIpc) is 3.66. The number of ether oxygens (including phenoxy) is 1. The second kappa shape index (κ2) is 14.2. The Morgan fingerprint density at radius 3 is 2.39 bits per heavy atom. The number of aromatic amines is 1. The van der Waals surface area contributed by atoms with Crippen LogP contribution >= 0.6 is 11.3 Å². The number of nitrogens with one attached hydrogen (secondary N) is 1. The quantitative estimate of drug-likeness (QED) is 0.204. The second-order valence-corrected chi connectivity index (χ2v) is 18.2. The van der Waals surface area contributed by atoms with E-state index in [2.05, 4.69) is 64.7 Å². The molecule has 3 aromatic heterocycles. The van der Waals surface area contributed by atoms with Gasteiger partial charge in [-0.2, -0.15) is 9.40 Å². The van der Waals surface area contributed by atoms with Crippen LogP contribution in [0.5, 0.6) is 0 Å². The maximum atomic E-state index is 12.2. The topological polar surface area (TPSA) is 128 Å². The van der Waals surface area contributed by atoms with Crippen molar-refractivity contribution >= 4 is 54.3 Å². The van der Waals surface area contributed by atoms with Crippen LogP contribution in [-0.2, 0) is 26.1 Å². The predicted octanol–water partition coefficient (Wildman–Crippen LogP) is 4.83. The highest BCUT2D eigenvalue weighted by atomic mass is 32.2. The Bertz CT molecular complexity index is 1890. The third-order valence-corrected chi connectivity index (χ3v) is 11.9. The molecule has 2 fully saturated rings. The Labute approximate surface area is 293 Å². The van der Waals surface area contributed by atoms with E-state index >= 15 is 0 Å². The van der Waals surface area contributed by atoms with Crippen molar-refractivity contribution in [1.82, 2.24) is 34.3 Å². The number of anilines is 1. The number of rotatable bonds is 12. The molecule has 2 aliphatic heterocycles. The minimum Gasteiger partial charge on any atom is -0.466 e. The molecule has 12 nitrogen and oxygen atoms in total. The number of H-pyrrole nitrogens is 1. The predicted molar refractivity (Wildman–Crippen MR) is 196 cm³/mol. The molecule has 0 unspecified atom stereocenters. The maximum Gasteiger partial charge on any atom is 0.306 e. The second-order valence-electron chi connectivity index (χ2n) is 15.1. The van der Waals surface area contributed by atoms with Gasteiger partial charge in [-0.3, -0.25) is 19.7 Å². The van der Waals surface area contributed by atoms with Gasteiger partial charge >= 0.3 is 5.97 Å². The van der Waals surface area contributed by atoms with Gasteiger partial charge in [-0.25, -0.2) is 18.4 Å². The summed E-state index contributed by atoms with van der Waals surface area (Å²) in [5, 5.41) is 8.33. The SMILES string of the molecule is CCOC(=O)CC(C)(C)CC(C)(C)CN1CCN(c2nc(-c3cccc4[nH]ncc34)nc3cc(CN4CCN(S(C)(=O)=O)CC4)sc23)CC1. The lowest BCUT2D eigenvalue weighted by Crippen LogP contribution is -2.49. The van der Waals surface area contributed by atoms with E-state index in [1.54, 1.807) is 15.6 Å². The lowest BCUT2D eigenvalue weighted by atomic mass is 9.73. The van der Waals surface area contributed by atoms with Gasteiger partial charge in [0.15, 0.2) is 11.6 Å². The third-order valence-electron chi connectivity index (χ3n) is 9.52. The van der Waals surface area contributed by atoms with Crippen molar-refractivity contribution in [3.63, 3.8) is 0 Å². The number of aromatic nitrogens is 4. The van der Waals surface area contributed by atoms with Gasteiger partial charge in [-0.1, -0.05) is 39.8 Å². The molecule has 5 heterocycles. The van der Waals surface area contributed by atoms with Crippen molar-refractivity contribution in [2.24, 2.45) is 10.8 Å². The van der Waals surface area contributed by atoms with Crippen LogP contribution in [0.3, 0.4) is 0 Å². The Morgan fingerprint density at radius 2 is 1.69 bits per heavy atom. The van der Waals surface area contributed by atoms with Gasteiger partial charge in [0, 0.05) is 81.3 Å². The van der Waals surface area contributed by atoms with Gasteiger partial charge < -0.3 is 9.64 Å². The molecule has 49 heavy (non-hydrogen) atoms. The zero-order valence-electron chi connectivity index (χ0n) is 29.7. The number of hydrogen-bond acceptors (Lipinski definition) is 11. The molecule has 0 bridgehead atoms. The zero-order chi connectivity index (χ0) is 35.0. The van der Waals surface area contributed by atoms with E-state index in [4.69, 9.17) is 14.7 Å². The van der Waals surface area contributed by atoms with Crippen LogP contribution < -0.4 is 4.90 Å². The van der Waals surface area contributed by atoms with Crippen molar-refractivity contribution in [3.05, 3.63) is 35.3 Å². The molecule has 0 amide bonds. The fraction of sp³-hybridized carbons (Fsp3) is 0.600. The Hall–Kier alpha value is -3.17. The molecule has 0 atom stereocenters. The van der Waals surface area contributed by atoms with Crippen LogP contribution in [0.4, 0.5) is 5.82 Å². The van der Waals surface area contributed by atoms with E-state index in [9.17, 15) is 13.2 Å². The molecule has 0 radical (unpaired) electrons. The fourth-order valence-electron chi connectivity index (χ4n) is 7.72. The lowest BCUT2D eigenvalue weighted by Gasteiger charge is -2.42. The van der Waals surface area contributed by atoms with Crippen molar-refractivity contribution < 1.29 is 17.9 Å². The van der Waals surface area contributed by atoms with Gasteiger partial charge in [-0.05, 0) is 36.3 Å². The summed E-state index contributed by atoms with van der Waals surface area (Å²) in [6, 6.07) is 8.26. The molecule has 14 heteroatoms. The highest BCUT2D eigenvalue weighted by Gasteiger charge is 2.34. The first-order valence-electron chi connectivity index (χ1n) is 17.2. The maximum absolute atomic E-state index is 12.2. The number of carbonyl (C=O) groups excluding carboxylic acids is 1. The molecule has 0 spiro atoms. The monoisotopic (exact) mass is 710 g/mol. The molecule has 0 aliphatic carbocycles. The zero-order valence-corrected chi connectivity index (χ0v) is 31.3. The van der Waals surface area contributed by atoms with Gasteiger partial charge in [0.1, 0.15) is 0 Å². The Kier molecular flexibility index (Phi) is 10.3. The number of benzene rings is 1.